The number of rotatable bonds is 15. The SMILES string of the molecule is CCCCCCC(=CCN(c1ccccc1)S(=O)(=O)c1ccc(C)cc1)CCCCCC. The minimum absolute atomic E-state index is 0.341. The molecular formula is C28H41NO2S. The first-order valence-corrected chi connectivity index (χ1v) is 13.8. The van der Waals surface area contributed by atoms with Gasteiger partial charge in [0.15, 0.2) is 0 Å². The standard InChI is InChI=1S/C28H41NO2S/c1-4-6-8-11-15-26(16-12-9-7-5-2)23-24-29(27-17-13-10-14-18-27)32(30,31)28-21-19-25(3)20-22-28/h10,13-14,17-23H,4-9,11-12,15-16,24H2,1-3H3. The molecule has 0 N–H and O–H groups in total. The normalized spacial score (nSPS) is 11.3. The van der Waals surface area contributed by atoms with Crippen molar-refractivity contribution in [1.82, 2.24) is 0 Å². The van der Waals surface area contributed by atoms with Crippen molar-refractivity contribution in [2.24, 2.45) is 0 Å². The van der Waals surface area contributed by atoms with Gasteiger partial charge in [-0.25, -0.2) is 8.42 Å². The predicted molar refractivity (Wildman–Crippen MR) is 138 cm³/mol. The molecule has 0 saturated heterocycles. The molecule has 2 rings (SSSR count). The Morgan fingerprint density at radius 1 is 0.781 bits per heavy atom. The number of sulfonamides is 1. The summed E-state index contributed by atoms with van der Waals surface area (Å²) in [7, 11) is -3.64. The first-order chi connectivity index (χ1) is 15.5. The van der Waals surface area contributed by atoms with E-state index >= 15 is 0 Å². The number of hydrogen-bond donors (Lipinski definition) is 0. The number of benzene rings is 2. The highest BCUT2D eigenvalue weighted by atomic mass is 32.2. The second kappa shape index (κ2) is 14.2. The van der Waals surface area contributed by atoms with Gasteiger partial charge in [0.25, 0.3) is 10.0 Å². The van der Waals surface area contributed by atoms with Crippen LogP contribution in [0.15, 0.2) is 71.1 Å². The zero-order chi connectivity index (χ0) is 23.2. The summed E-state index contributed by atoms with van der Waals surface area (Å²) in [5.41, 5.74) is 3.16. The number of unbranched alkanes of at least 4 members (excludes halogenated alkanes) is 6. The van der Waals surface area contributed by atoms with E-state index in [0.717, 1.165) is 18.4 Å². The van der Waals surface area contributed by atoms with E-state index in [4.69, 9.17) is 0 Å². The van der Waals surface area contributed by atoms with Crippen molar-refractivity contribution in [1.29, 1.82) is 0 Å². The third-order valence-electron chi connectivity index (χ3n) is 5.90. The lowest BCUT2D eigenvalue weighted by Gasteiger charge is -2.24. The van der Waals surface area contributed by atoms with Gasteiger partial charge in [0.1, 0.15) is 0 Å². The van der Waals surface area contributed by atoms with E-state index in [9.17, 15) is 8.42 Å². The van der Waals surface area contributed by atoms with Crippen molar-refractivity contribution in [3.8, 4) is 0 Å². The fourth-order valence-electron chi connectivity index (χ4n) is 3.87. The minimum Gasteiger partial charge on any atom is -0.263 e. The molecule has 0 radical (unpaired) electrons. The van der Waals surface area contributed by atoms with Crippen LogP contribution in [0.5, 0.6) is 0 Å². The number of aryl methyl sites for hydroxylation is 1. The van der Waals surface area contributed by atoms with Crippen LogP contribution in [0.3, 0.4) is 0 Å². The van der Waals surface area contributed by atoms with Crippen LogP contribution in [0.25, 0.3) is 0 Å². The van der Waals surface area contributed by atoms with Gasteiger partial charge >= 0.3 is 0 Å². The fourth-order valence-corrected chi connectivity index (χ4v) is 5.28. The maximum absolute atomic E-state index is 13.6. The molecular weight excluding hydrogens is 414 g/mol. The van der Waals surface area contributed by atoms with Gasteiger partial charge in [0, 0.05) is 0 Å². The molecule has 0 bridgehead atoms. The molecule has 0 aliphatic heterocycles. The van der Waals surface area contributed by atoms with Crippen molar-refractivity contribution in [3.05, 3.63) is 71.8 Å². The Bertz CT molecular complexity index is 888. The monoisotopic (exact) mass is 455 g/mol. The summed E-state index contributed by atoms with van der Waals surface area (Å²) < 4.78 is 28.7. The first kappa shape index (κ1) is 26.2. The van der Waals surface area contributed by atoms with Crippen molar-refractivity contribution in [3.63, 3.8) is 0 Å². The Hall–Kier alpha value is -2.07. The summed E-state index contributed by atoms with van der Waals surface area (Å²) in [6.45, 7) is 6.80. The Balaban J connectivity index is 2.26. The third-order valence-corrected chi connectivity index (χ3v) is 7.71. The summed E-state index contributed by atoms with van der Waals surface area (Å²) in [5, 5.41) is 0. The molecule has 0 unspecified atom stereocenters. The number of allylic oxidation sites excluding steroid dienone is 1. The molecule has 0 aliphatic rings. The maximum atomic E-state index is 13.6. The van der Waals surface area contributed by atoms with Crippen LogP contribution in [0.4, 0.5) is 5.69 Å². The zero-order valence-corrected chi connectivity index (χ0v) is 21.0. The Morgan fingerprint density at radius 3 is 1.88 bits per heavy atom. The van der Waals surface area contributed by atoms with Gasteiger partial charge in [-0.1, -0.05) is 99.9 Å². The van der Waals surface area contributed by atoms with Crippen molar-refractivity contribution < 1.29 is 8.42 Å². The molecule has 0 saturated carbocycles. The van der Waals surface area contributed by atoms with E-state index in [2.05, 4.69) is 19.9 Å². The van der Waals surface area contributed by atoms with Gasteiger partial charge in [0.2, 0.25) is 0 Å². The van der Waals surface area contributed by atoms with Crippen LogP contribution in [0.1, 0.15) is 83.6 Å². The van der Waals surface area contributed by atoms with Gasteiger partial charge in [-0.15, -0.1) is 0 Å². The lowest BCUT2D eigenvalue weighted by Crippen LogP contribution is -2.31. The third kappa shape index (κ3) is 8.46. The molecule has 4 heteroatoms. The summed E-state index contributed by atoms with van der Waals surface area (Å²) >= 11 is 0. The average molecular weight is 456 g/mol. The largest absolute Gasteiger partial charge is 0.264 e. The average Bonchev–Trinajstić information content (AvgIpc) is 2.80. The van der Waals surface area contributed by atoms with Crippen LogP contribution >= 0.6 is 0 Å². The number of anilines is 1. The smallest absolute Gasteiger partial charge is 0.263 e. The molecule has 0 spiro atoms. The van der Waals surface area contributed by atoms with Gasteiger partial charge < -0.3 is 0 Å². The van der Waals surface area contributed by atoms with E-state index < -0.39 is 10.0 Å². The summed E-state index contributed by atoms with van der Waals surface area (Å²) in [6.07, 6.45) is 14.2. The van der Waals surface area contributed by atoms with Crippen LogP contribution in [0.2, 0.25) is 0 Å². The molecule has 0 amide bonds. The molecule has 0 aromatic heterocycles. The second-order valence-electron chi connectivity index (χ2n) is 8.67. The van der Waals surface area contributed by atoms with E-state index in [1.54, 1.807) is 16.4 Å². The van der Waals surface area contributed by atoms with E-state index in [1.807, 2.05) is 49.4 Å². The minimum atomic E-state index is -3.64. The van der Waals surface area contributed by atoms with Gasteiger partial charge in [-0.3, -0.25) is 4.31 Å². The summed E-state index contributed by atoms with van der Waals surface area (Å²) in [4.78, 5) is 0.341. The Morgan fingerprint density at radius 2 is 1.34 bits per heavy atom. The lowest BCUT2D eigenvalue weighted by molar-refractivity contribution is 0.592. The highest BCUT2D eigenvalue weighted by Gasteiger charge is 2.24. The summed E-state index contributed by atoms with van der Waals surface area (Å²) in [6, 6.07) is 16.6. The molecule has 0 fully saturated rings. The molecule has 2 aromatic carbocycles. The van der Waals surface area contributed by atoms with Crippen LogP contribution < -0.4 is 4.31 Å². The van der Waals surface area contributed by atoms with Crippen molar-refractivity contribution >= 4 is 15.7 Å². The quantitative estimate of drug-likeness (QED) is 0.201. The number of hydrogen-bond acceptors (Lipinski definition) is 2. The molecule has 0 aliphatic carbocycles. The Kier molecular flexibility index (Phi) is 11.6. The predicted octanol–water partition coefficient (Wildman–Crippen LogP) is 8.06. The zero-order valence-electron chi connectivity index (χ0n) is 20.2. The van der Waals surface area contributed by atoms with Gasteiger partial charge in [0.05, 0.1) is 17.1 Å². The topological polar surface area (TPSA) is 37.4 Å². The number of nitrogens with zero attached hydrogens (tertiary/aromatic N) is 1. The summed E-state index contributed by atoms with van der Waals surface area (Å²) in [5.74, 6) is 0. The molecule has 32 heavy (non-hydrogen) atoms. The van der Waals surface area contributed by atoms with E-state index in [1.165, 1.54) is 56.9 Å². The van der Waals surface area contributed by atoms with E-state index in [0.29, 0.717) is 17.1 Å². The fraction of sp³-hybridized carbons (Fsp3) is 0.500. The number of para-hydroxylation sites is 1. The highest BCUT2D eigenvalue weighted by Crippen LogP contribution is 2.25. The molecule has 176 valence electrons. The Labute approximate surface area is 196 Å². The van der Waals surface area contributed by atoms with Gasteiger partial charge in [-0.05, 0) is 56.9 Å². The highest BCUT2D eigenvalue weighted by molar-refractivity contribution is 7.92. The lowest BCUT2D eigenvalue weighted by atomic mass is 10.00. The molecule has 2 aromatic rings. The van der Waals surface area contributed by atoms with Crippen molar-refractivity contribution in [2.45, 2.75) is 89.9 Å². The van der Waals surface area contributed by atoms with Crippen LogP contribution in [-0.4, -0.2) is 15.0 Å². The molecule has 0 heterocycles. The maximum Gasteiger partial charge on any atom is 0.264 e. The van der Waals surface area contributed by atoms with Crippen molar-refractivity contribution in [2.75, 3.05) is 10.8 Å². The second-order valence-corrected chi connectivity index (χ2v) is 10.5. The van der Waals surface area contributed by atoms with Crippen LogP contribution in [-0.2, 0) is 10.0 Å². The molecule has 3 nitrogen and oxygen atoms in total. The van der Waals surface area contributed by atoms with E-state index in [-0.39, 0.29) is 0 Å². The first-order valence-electron chi connectivity index (χ1n) is 12.3. The van der Waals surface area contributed by atoms with Gasteiger partial charge in [-0.2, -0.15) is 0 Å². The molecule has 0 atom stereocenters. The van der Waals surface area contributed by atoms with Crippen LogP contribution in [0, 0.1) is 6.92 Å².